The van der Waals surface area contributed by atoms with Crippen molar-refractivity contribution < 1.29 is 14.6 Å². The van der Waals surface area contributed by atoms with E-state index in [9.17, 15) is 4.79 Å². The average molecular weight is 189 g/mol. The van der Waals surface area contributed by atoms with Crippen molar-refractivity contribution in [2.75, 3.05) is 13.2 Å². The van der Waals surface area contributed by atoms with Gasteiger partial charge in [0.25, 0.3) is 0 Å². The molecule has 0 rings (SSSR count). The summed E-state index contributed by atoms with van der Waals surface area (Å²) >= 11 is 0. The second-order valence-electron chi connectivity index (χ2n) is 3.10. The third kappa shape index (κ3) is 7.74. The first-order valence-corrected chi connectivity index (χ1v) is 4.72. The van der Waals surface area contributed by atoms with Crippen molar-refractivity contribution in [3.63, 3.8) is 0 Å². The lowest BCUT2D eigenvalue weighted by molar-refractivity contribution is -0.147. The topological polar surface area (TPSA) is 72.5 Å². The first kappa shape index (κ1) is 12.4. The van der Waals surface area contributed by atoms with Gasteiger partial charge in [-0.15, -0.1) is 0 Å². The molecule has 0 aliphatic heterocycles. The van der Waals surface area contributed by atoms with Crippen molar-refractivity contribution in [2.45, 2.75) is 38.6 Å². The summed E-state index contributed by atoms with van der Waals surface area (Å²) in [6.07, 6.45) is 4.24. The minimum absolute atomic E-state index is 0.0953. The molecule has 0 fully saturated rings. The molecule has 0 aliphatic rings. The fraction of sp³-hybridized carbons (Fsp3) is 0.889. The minimum Gasteiger partial charge on any atom is -0.462 e. The predicted molar refractivity (Wildman–Crippen MR) is 50.2 cm³/mol. The molecule has 78 valence electrons. The minimum atomic E-state index is -0.606. The maximum Gasteiger partial charge on any atom is 0.331 e. The van der Waals surface area contributed by atoms with E-state index in [1.54, 1.807) is 0 Å². The number of nitrogens with two attached hydrogens (primary N) is 1. The van der Waals surface area contributed by atoms with Crippen LogP contribution in [0.2, 0.25) is 0 Å². The molecular weight excluding hydrogens is 170 g/mol. The number of carbonyl (C=O) groups is 1. The van der Waals surface area contributed by atoms with Crippen molar-refractivity contribution in [1.82, 2.24) is 0 Å². The highest BCUT2D eigenvalue weighted by atomic mass is 16.5. The predicted octanol–water partition coefficient (Wildman–Crippen LogP) is 0.430. The molecule has 0 bridgehead atoms. The zero-order chi connectivity index (χ0) is 10.1. The Kier molecular flexibility index (Phi) is 7.63. The highest BCUT2D eigenvalue weighted by Gasteiger charge is 2.05. The summed E-state index contributed by atoms with van der Waals surface area (Å²) in [6.45, 7) is 1.77. The van der Waals surface area contributed by atoms with Gasteiger partial charge in [-0.2, -0.15) is 0 Å². The fourth-order valence-corrected chi connectivity index (χ4v) is 0.985. The number of unbranched alkanes of at least 4 members (excludes halogenated alkanes) is 2. The lowest BCUT2D eigenvalue weighted by atomic mass is 10.1. The van der Waals surface area contributed by atoms with Gasteiger partial charge >= 0.3 is 5.97 Å². The first-order chi connectivity index (χ1) is 6.20. The van der Waals surface area contributed by atoms with Gasteiger partial charge in [0.2, 0.25) is 0 Å². The second kappa shape index (κ2) is 8.01. The Morgan fingerprint density at radius 3 is 2.77 bits per heavy atom. The van der Waals surface area contributed by atoms with Gasteiger partial charge in [0.1, 0.15) is 13.2 Å². The van der Waals surface area contributed by atoms with Gasteiger partial charge in [-0.25, -0.2) is 4.79 Å². The number of rotatable bonds is 7. The average Bonchev–Trinajstić information content (AvgIpc) is 2.14. The second-order valence-corrected chi connectivity index (χ2v) is 3.10. The highest BCUT2D eigenvalue weighted by Crippen LogP contribution is 2.01. The third-order valence-corrected chi connectivity index (χ3v) is 1.77. The molecule has 0 amide bonds. The molecule has 4 nitrogen and oxygen atoms in total. The molecule has 3 N–H and O–H groups in total. The lowest BCUT2D eigenvalue weighted by Gasteiger charge is -2.10. The molecule has 4 heteroatoms. The van der Waals surface area contributed by atoms with Crippen LogP contribution in [0, 0.1) is 0 Å². The number of ether oxygens (including phenoxy) is 1. The summed E-state index contributed by atoms with van der Waals surface area (Å²) < 4.78 is 4.67. The zero-order valence-corrected chi connectivity index (χ0v) is 8.16. The quantitative estimate of drug-likeness (QED) is 0.450. The van der Waals surface area contributed by atoms with E-state index in [4.69, 9.17) is 10.8 Å². The number of hydrogen-bond acceptors (Lipinski definition) is 4. The van der Waals surface area contributed by atoms with Crippen molar-refractivity contribution in [3.8, 4) is 0 Å². The molecule has 1 atom stereocenters. The monoisotopic (exact) mass is 189 g/mol. The number of carbonyl (C=O) groups excluding carboxylic acids is 1. The summed E-state index contributed by atoms with van der Waals surface area (Å²) in [7, 11) is 0. The Hall–Kier alpha value is -0.610. The SMILES string of the molecule is CCCCCC(N)COC(=O)CO. The van der Waals surface area contributed by atoms with Crippen LogP contribution in [-0.4, -0.2) is 30.3 Å². The summed E-state index contributed by atoms with van der Waals surface area (Å²) in [5.74, 6) is -0.606. The van der Waals surface area contributed by atoms with E-state index < -0.39 is 12.6 Å². The van der Waals surface area contributed by atoms with Crippen molar-refractivity contribution in [3.05, 3.63) is 0 Å². The molecule has 0 saturated carbocycles. The molecule has 0 spiro atoms. The number of hydrogen-bond donors (Lipinski definition) is 2. The van der Waals surface area contributed by atoms with E-state index in [2.05, 4.69) is 11.7 Å². The molecule has 1 unspecified atom stereocenters. The van der Waals surface area contributed by atoms with E-state index in [0.29, 0.717) is 0 Å². The summed E-state index contributed by atoms with van der Waals surface area (Å²) in [5, 5.41) is 8.35. The van der Waals surface area contributed by atoms with E-state index in [-0.39, 0.29) is 12.6 Å². The smallest absolute Gasteiger partial charge is 0.331 e. The zero-order valence-electron chi connectivity index (χ0n) is 8.16. The van der Waals surface area contributed by atoms with Crippen LogP contribution in [0.5, 0.6) is 0 Å². The van der Waals surface area contributed by atoms with Crippen molar-refractivity contribution in [2.24, 2.45) is 5.73 Å². The lowest BCUT2D eigenvalue weighted by Crippen LogP contribution is -2.28. The summed E-state index contributed by atoms with van der Waals surface area (Å²) in [6, 6.07) is -0.0953. The summed E-state index contributed by atoms with van der Waals surface area (Å²) in [5.41, 5.74) is 5.66. The maximum absolute atomic E-state index is 10.5. The van der Waals surface area contributed by atoms with Gasteiger partial charge in [0, 0.05) is 6.04 Å². The normalized spacial score (nSPS) is 12.5. The molecule has 0 saturated heterocycles. The number of aliphatic hydroxyl groups is 1. The molecule has 0 aromatic rings. The van der Waals surface area contributed by atoms with Gasteiger partial charge in [-0.3, -0.25) is 0 Å². The van der Waals surface area contributed by atoms with Gasteiger partial charge in [-0.05, 0) is 6.42 Å². The Morgan fingerprint density at radius 1 is 1.54 bits per heavy atom. The Morgan fingerprint density at radius 2 is 2.23 bits per heavy atom. The third-order valence-electron chi connectivity index (χ3n) is 1.77. The Bertz CT molecular complexity index is 139. The maximum atomic E-state index is 10.5. The van der Waals surface area contributed by atoms with Crippen LogP contribution in [-0.2, 0) is 9.53 Å². The Balaban J connectivity index is 3.29. The van der Waals surface area contributed by atoms with Gasteiger partial charge in [-0.1, -0.05) is 26.2 Å². The highest BCUT2D eigenvalue weighted by molar-refractivity contribution is 5.70. The standard InChI is InChI=1S/C9H19NO3/c1-2-3-4-5-8(10)7-13-9(12)6-11/h8,11H,2-7,10H2,1H3. The van der Waals surface area contributed by atoms with Crippen molar-refractivity contribution >= 4 is 5.97 Å². The van der Waals surface area contributed by atoms with E-state index >= 15 is 0 Å². The number of aliphatic hydroxyl groups excluding tert-OH is 1. The van der Waals surface area contributed by atoms with Crippen LogP contribution in [0.1, 0.15) is 32.6 Å². The molecule has 0 aromatic heterocycles. The van der Waals surface area contributed by atoms with E-state index in [1.165, 1.54) is 0 Å². The molecule has 13 heavy (non-hydrogen) atoms. The summed E-state index contributed by atoms with van der Waals surface area (Å²) in [4.78, 5) is 10.5. The van der Waals surface area contributed by atoms with Crippen LogP contribution in [0.3, 0.4) is 0 Å². The molecule has 0 radical (unpaired) electrons. The van der Waals surface area contributed by atoms with Gasteiger partial charge < -0.3 is 15.6 Å². The molecular formula is C9H19NO3. The molecule has 0 aromatic carbocycles. The van der Waals surface area contributed by atoms with Crippen LogP contribution in [0.4, 0.5) is 0 Å². The Labute approximate surface area is 79.1 Å². The largest absolute Gasteiger partial charge is 0.462 e. The van der Waals surface area contributed by atoms with Crippen LogP contribution < -0.4 is 5.73 Å². The van der Waals surface area contributed by atoms with Crippen LogP contribution in [0.15, 0.2) is 0 Å². The molecule has 0 heterocycles. The van der Waals surface area contributed by atoms with E-state index in [1.807, 2.05) is 0 Å². The van der Waals surface area contributed by atoms with Crippen molar-refractivity contribution in [1.29, 1.82) is 0 Å². The molecule has 0 aliphatic carbocycles. The van der Waals surface area contributed by atoms with Gasteiger partial charge in [0.05, 0.1) is 0 Å². The van der Waals surface area contributed by atoms with Crippen LogP contribution >= 0.6 is 0 Å². The van der Waals surface area contributed by atoms with Gasteiger partial charge in [0.15, 0.2) is 0 Å². The number of esters is 1. The van der Waals surface area contributed by atoms with Crippen LogP contribution in [0.25, 0.3) is 0 Å². The van der Waals surface area contributed by atoms with E-state index in [0.717, 1.165) is 25.7 Å². The first-order valence-electron chi connectivity index (χ1n) is 4.72. The fourth-order valence-electron chi connectivity index (χ4n) is 0.985.